The van der Waals surface area contributed by atoms with Crippen LogP contribution in [-0.4, -0.2) is 60.3 Å². The van der Waals surface area contributed by atoms with Crippen LogP contribution in [0.5, 0.6) is 5.75 Å². The molecule has 2 N–H and O–H groups in total. The van der Waals surface area contributed by atoms with E-state index >= 15 is 0 Å². The first kappa shape index (κ1) is 23.3. The highest BCUT2D eigenvalue weighted by molar-refractivity contribution is 5.96. The number of Topliss-reactive ketones (excluding diaryl/α,β-unsaturated/α-hetero) is 1. The summed E-state index contributed by atoms with van der Waals surface area (Å²) in [4.78, 5) is 26.1. The maximum atomic E-state index is 12.8. The first-order chi connectivity index (χ1) is 16.0. The van der Waals surface area contributed by atoms with E-state index in [4.69, 9.17) is 9.47 Å². The van der Waals surface area contributed by atoms with Crippen molar-refractivity contribution in [1.82, 2.24) is 10.2 Å². The molecule has 4 rings (SSSR count). The van der Waals surface area contributed by atoms with Crippen LogP contribution >= 0.6 is 0 Å². The normalized spacial score (nSPS) is 19.5. The lowest BCUT2D eigenvalue weighted by Gasteiger charge is -2.31. The number of carbonyl (C=O) groups excluding carboxylic acids is 2. The molecule has 1 fully saturated rings. The van der Waals surface area contributed by atoms with E-state index < -0.39 is 6.10 Å². The Morgan fingerprint density at radius 3 is 2.64 bits per heavy atom. The summed E-state index contributed by atoms with van der Waals surface area (Å²) >= 11 is 0. The minimum Gasteiger partial charge on any atom is -0.490 e. The van der Waals surface area contributed by atoms with Gasteiger partial charge in [-0.2, -0.15) is 0 Å². The highest BCUT2D eigenvalue weighted by Gasteiger charge is 2.26. The van der Waals surface area contributed by atoms with Crippen molar-refractivity contribution < 1.29 is 24.2 Å². The Morgan fingerprint density at radius 1 is 1.12 bits per heavy atom. The fourth-order valence-corrected chi connectivity index (χ4v) is 4.60. The summed E-state index contributed by atoms with van der Waals surface area (Å²) in [5.41, 5.74) is 3.12. The number of likely N-dealkylation sites (tertiary alicyclic amines) is 1. The third-order valence-corrected chi connectivity index (χ3v) is 6.58. The van der Waals surface area contributed by atoms with Gasteiger partial charge < -0.3 is 24.8 Å². The number of methoxy groups -OCH3 is 1. The van der Waals surface area contributed by atoms with Gasteiger partial charge in [0.2, 0.25) is 0 Å². The highest BCUT2D eigenvalue weighted by atomic mass is 16.5. The molecule has 7 heteroatoms. The standard InChI is InChI=1S/C26H32N2O5/c1-32-26(31)28-13-11-21(12-14-28)33-22-8-4-7-19(15-22)24(29)9-10-25(30)23-16-18-5-2-3-6-20(18)17-27-23/h2-8,15,21,23,25,27,30H,9-14,16-17H2,1H3/t23-,25+/m0/s1. The summed E-state index contributed by atoms with van der Waals surface area (Å²) in [6, 6.07) is 15.4. The molecule has 0 unspecified atom stereocenters. The van der Waals surface area contributed by atoms with E-state index in [0.717, 1.165) is 25.8 Å². The summed E-state index contributed by atoms with van der Waals surface area (Å²) < 4.78 is 10.8. The van der Waals surface area contributed by atoms with Crippen LogP contribution in [0.3, 0.4) is 0 Å². The number of carbonyl (C=O) groups is 2. The van der Waals surface area contributed by atoms with Gasteiger partial charge in [0, 0.05) is 50.5 Å². The molecule has 7 nitrogen and oxygen atoms in total. The Hall–Kier alpha value is -2.90. The largest absolute Gasteiger partial charge is 0.490 e. The van der Waals surface area contributed by atoms with E-state index in [1.165, 1.54) is 18.2 Å². The Labute approximate surface area is 194 Å². The third-order valence-electron chi connectivity index (χ3n) is 6.58. The molecule has 2 atom stereocenters. The molecule has 1 amide bonds. The quantitative estimate of drug-likeness (QED) is 0.627. The van der Waals surface area contributed by atoms with Gasteiger partial charge in [-0.15, -0.1) is 0 Å². The molecule has 2 aromatic rings. The zero-order valence-corrected chi connectivity index (χ0v) is 19.0. The smallest absolute Gasteiger partial charge is 0.409 e. The molecule has 1 saturated heterocycles. The molecule has 33 heavy (non-hydrogen) atoms. The number of aliphatic hydroxyl groups is 1. The van der Waals surface area contributed by atoms with E-state index in [0.29, 0.717) is 30.8 Å². The molecule has 2 heterocycles. The first-order valence-electron chi connectivity index (χ1n) is 11.6. The van der Waals surface area contributed by atoms with E-state index in [-0.39, 0.29) is 30.4 Å². The van der Waals surface area contributed by atoms with Crippen LogP contribution in [0.2, 0.25) is 0 Å². The predicted octanol–water partition coefficient (Wildman–Crippen LogP) is 3.33. The molecule has 0 bridgehead atoms. The fraction of sp³-hybridized carbons (Fsp3) is 0.462. The molecule has 176 valence electrons. The number of ether oxygens (including phenoxy) is 2. The fourth-order valence-electron chi connectivity index (χ4n) is 4.60. The molecule has 0 aromatic heterocycles. The second-order valence-corrected chi connectivity index (χ2v) is 8.79. The Balaban J connectivity index is 1.26. The maximum absolute atomic E-state index is 12.8. The van der Waals surface area contributed by atoms with Crippen molar-refractivity contribution in [2.75, 3.05) is 20.2 Å². The average molecular weight is 453 g/mol. The Morgan fingerprint density at radius 2 is 1.88 bits per heavy atom. The van der Waals surface area contributed by atoms with Gasteiger partial charge in [0.15, 0.2) is 5.78 Å². The van der Waals surface area contributed by atoms with Crippen molar-refractivity contribution in [3.8, 4) is 5.75 Å². The van der Waals surface area contributed by atoms with Crippen LogP contribution in [0.25, 0.3) is 0 Å². The lowest BCUT2D eigenvalue weighted by atomic mass is 9.91. The van der Waals surface area contributed by atoms with Crippen LogP contribution < -0.4 is 10.1 Å². The molecule has 2 aliphatic rings. The summed E-state index contributed by atoms with van der Waals surface area (Å²) in [6.07, 6.45) is 2.01. The van der Waals surface area contributed by atoms with Crippen LogP contribution in [-0.2, 0) is 17.7 Å². The van der Waals surface area contributed by atoms with Crippen molar-refractivity contribution >= 4 is 11.9 Å². The molecule has 2 aromatic carbocycles. The average Bonchev–Trinajstić information content (AvgIpc) is 2.87. The van der Waals surface area contributed by atoms with Gasteiger partial charge in [-0.05, 0) is 36.1 Å². The first-order valence-corrected chi connectivity index (χ1v) is 11.6. The second kappa shape index (κ2) is 10.8. The minimum absolute atomic E-state index is 0.00154. The van der Waals surface area contributed by atoms with Crippen LogP contribution in [0.15, 0.2) is 48.5 Å². The molecule has 0 aliphatic carbocycles. The molecule has 2 aliphatic heterocycles. The minimum atomic E-state index is -0.582. The lowest BCUT2D eigenvalue weighted by Crippen LogP contribution is -2.44. The zero-order chi connectivity index (χ0) is 23.2. The number of hydrogen-bond donors (Lipinski definition) is 2. The van der Waals surface area contributed by atoms with Gasteiger partial charge in [-0.1, -0.05) is 36.4 Å². The number of nitrogens with one attached hydrogen (secondary N) is 1. The SMILES string of the molecule is COC(=O)N1CCC(Oc2cccc(C(=O)CC[C@@H](O)[C@@H]3Cc4ccccc4CN3)c2)CC1. The van der Waals surface area contributed by atoms with Crippen LogP contribution in [0.4, 0.5) is 4.79 Å². The summed E-state index contributed by atoms with van der Waals surface area (Å²) in [7, 11) is 1.39. The highest BCUT2D eigenvalue weighted by Crippen LogP contribution is 2.23. The number of ketones is 1. The number of benzene rings is 2. The van der Waals surface area contributed by atoms with Gasteiger partial charge in [-0.3, -0.25) is 4.79 Å². The van der Waals surface area contributed by atoms with Gasteiger partial charge in [0.25, 0.3) is 0 Å². The van der Waals surface area contributed by atoms with Gasteiger partial charge in [0.1, 0.15) is 11.9 Å². The molecule has 0 spiro atoms. The predicted molar refractivity (Wildman–Crippen MR) is 124 cm³/mol. The molecule has 0 radical (unpaired) electrons. The number of aliphatic hydroxyl groups excluding tert-OH is 1. The van der Waals surface area contributed by atoms with Gasteiger partial charge in [0.05, 0.1) is 13.2 Å². The Kier molecular flexibility index (Phi) is 7.62. The molecular weight excluding hydrogens is 420 g/mol. The van der Waals surface area contributed by atoms with Crippen LogP contribution in [0.1, 0.15) is 47.2 Å². The topological polar surface area (TPSA) is 88.1 Å². The number of nitrogens with zero attached hydrogens (tertiary/aromatic N) is 1. The second-order valence-electron chi connectivity index (χ2n) is 8.79. The van der Waals surface area contributed by atoms with E-state index in [2.05, 4.69) is 17.4 Å². The van der Waals surface area contributed by atoms with E-state index in [1.807, 2.05) is 24.3 Å². The van der Waals surface area contributed by atoms with Crippen molar-refractivity contribution in [2.24, 2.45) is 0 Å². The van der Waals surface area contributed by atoms with Crippen molar-refractivity contribution in [3.05, 3.63) is 65.2 Å². The molecular formula is C26H32N2O5. The van der Waals surface area contributed by atoms with Crippen molar-refractivity contribution in [1.29, 1.82) is 0 Å². The van der Waals surface area contributed by atoms with Crippen molar-refractivity contribution in [3.63, 3.8) is 0 Å². The number of rotatable bonds is 7. The number of fused-ring (bicyclic) bond motifs is 1. The number of piperidine rings is 1. The summed E-state index contributed by atoms with van der Waals surface area (Å²) in [5.74, 6) is 0.652. The summed E-state index contributed by atoms with van der Waals surface area (Å²) in [6.45, 7) is 1.92. The Bertz CT molecular complexity index is 971. The number of hydrogen-bond acceptors (Lipinski definition) is 6. The zero-order valence-electron chi connectivity index (χ0n) is 19.0. The lowest BCUT2D eigenvalue weighted by molar-refractivity contribution is 0.0787. The molecule has 0 saturated carbocycles. The van der Waals surface area contributed by atoms with Crippen molar-refractivity contribution in [2.45, 2.75) is 56.9 Å². The van der Waals surface area contributed by atoms with Crippen LogP contribution in [0, 0.1) is 0 Å². The maximum Gasteiger partial charge on any atom is 0.409 e. The number of amides is 1. The third kappa shape index (κ3) is 5.92. The van der Waals surface area contributed by atoms with Gasteiger partial charge in [-0.25, -0.2) is 4.79 Å². The van der Waals surface area contributed by atoms with E-state index in [9.17, 15) is 14.7 Å². The summed E-state index contributed by atoms with van der Waals surface area (Å²) in [5, 5.41) is 14.1. The monoisotopic (exact) mass is 452 g/mol. The van der Waals surface area contributed by atoms with E-state index in [1.54, 1.807) is 17.0 Å². The van der Waals surface area contributed by atoms with Gasteiger partial charge >= 0.3 is 6.09 Å².